The van der Waals surface area contributed by atoms with Gasteiger partial charge in [0.2, 0.25) is 11.8 Å². The van der Waals surface area contributed by atoms with Crippen molar-refractivity contribution >= 4 is 43.8 Å². The van der Waals surface area contributed by atoms with Crippen LogP contribution in [0, 0.1) is 5.82 Å². The fourth-order valence-corrected chi connectivity index (χ4v) is 3.59. The number of fused-ring (bicyclic) bond motifs is 1. The predicted octanol–water partition coefficient (Wildman–Crippen LogP) is 2.41. The van der Waals surface area contributed by atoms with Crippen molar-refractivity contribution < 1.29 is 32.3 Å². The number of nitrogens with zero attached hydrogens (tertiary/aromatic N) is 2. The molecular weight excluding hydrogens is 469 g/mol. The van der Waals surface area contributed by atoms with Crippen molar-refractivity contribution in [2.24, 2.45) is 0 Å². The second kappa shape index (κ2) is 7.66. The molecule has 0 fully saturated rings. The molecule has 0 amide bonds. The van der Waals surface area contributed by atoms with Crippen LogP contribution in [0.1, 0.15) is 5.56 Å². The van der Waals surface area contributed by atoms with Crippen molar-refractivity contribution in [3.63, 3.8) is 0 Å². The van der Waals surface area contributed by atoms with Crippen LogP contribution >= 0.6 is 15.9 Å². The van der Waals surface area contributed by atoms with Gasteiger partial charge < -0.3 is 19.9 Å². The summed E-state index contributed by atoms with van der Waals surface area (Å²) in [5.74, 6) is -4.92. The van der Waals surface area contributed by atoms with Gasteiger partial charge in [-0.2, -0.15) is 4.98 Å². The Morgan fingerprint density at radius 2 is 2.11 bits per heavy atom. The highest BCUT2D eigenvalue weighted by molar-refractivity contribution is 9.10. The van der Waals surface area contributed by atoms with Crippen LogP contribution in [-0.2, 0) is 16.8 Å². The van der Waals surface area contributed by atoms with Gasteiger partial charge >= 0.3 is 0 Å². The van der Waals surface area contributed by atoms with E-state index in [2.05, 4.69) is 35.6 Å². The third-order valence-electron chi connectivity index (χ3n) is 3.74. The van der Waals surface area contributed by atoms with Crippen molar-refractivity contribution in [1.82, 2.24) is 15.0 Å². The van der Waals surface area contributed by atoms with Crippen LogP contribution < -0.4 is 9.46 Å². The molecule has 1 atom stereocenters. The molecule has 0 bridgehead atoms. The molecule has 2 aromatic heterocycles. The minimum atomic E-state index is -3.54. The molecule has 4 N–H and O–H groups in total. The summed E-state index contributed by atoms with van der Waals surface area (Å²) in [6.07, 6.45) is -1.50. The lowest BCUT2D eigenvalue weighted by Gasteiger charge is -2.22. The van der Waals surface area contributed by atoms with E-state index in [0.29, 0.717) is 11.6 Å². The molecule has 0 saturated carbocycles. The number of hydrogen-bond acceptors (Lipinski definition) is 6. The van der Waals surface area contributed by atoms with Gasteiger partial charge in [0.05, 0.1) is 27.6 Å². The molecule has 0 spiro atoms. The molecule has 0 saturated heterocycles. The van der Waals surface area contributed by atoms with Gasteiger partial charge in [-0.15, -0.1) is 0 Å². The Kier molecular flexibility index (Phi) is 5.61. The smallest absolute Gasteiger partial charge is 0.296 e. The van der Waals surface area contributed by atoms with Gasteiger partial charge in [-0.25, -0.2) is 22.4 Å². The summed E-state index contributed by atoms with van der Waals surface area (Å²) in [5, 5.41) is 19.3. The summed E-state index contributed by atoms with van der Waals surface area (Å²) >= 11 is 3.05. The molecule has 13 heteroatoms. The second-order valence-corrected chi connectivity index (χ2v) is 7.49. The third-order valence-corrected chi connectivity index (χ3v) is 5.46. The van der Waals surface area contributed by atoms with Crippen LogP contribution in [-0.4, -0.2) is 42.9 Å². The second-order valence-electron chi connectivity index (χ2n) is 5.45. The van der Waals surface area contributed by atoms with Gasteiger partial charge in [-0.3, -0.25) is 4.72 Å². The largest absolute Gasteiger partial charge is 0.481 e. The maximum Gasteiger partial charge on any atom is 0.296 e. The number of hydrogen-bond donors (Lipinski definition) is 4. The summed E-state index contributed by atoms with van der Waals surface area (Å²) in [6, 6.07) is 3.00. The van der Waals surface area contributed by atoms with E-state index in [1.165, 1.54) is 12.3 Å². The van der Waals surface area contributed by atoms with Crippen LogP contribution in [0.4, 0.5) is 19.1 Å². The highest BCUT2D eigenvalue weighted by Crippen LogP contribution is 2.32. The molecule has 1 aromatic carbocycles. The van der Waals surface area contributed by atoms with E-state index in [4.69, 9.17) is 4.74 Å². The van der Waals surface area contributed by atoms with Gasteiger partial charge in [-0.1, -0.05) is 6.07 Å². The van der Waals surface area contributed by atoms with Crippen LogP contribution in [0.25, 0.3) is 10.9 Å². The van der Waals surface area contributed by atoms with E-state index < -0.39 is 40.5 Å². The quantitative estimate of drug-likeness (QED) is 0.402. The number of aromatic nitrogens is 3. The summed E-state index contributed by atoms with van der Waals surface area (Å²) in [5.41, 5.74) is -0.629. The van der Waals surface area contributed by atoms with Gasteiger partial charge in [0.15, 0.2) is 16.8 Å². The molecule has 1 unspecified atom stereocenters. The fourth-order valence-electron chi connectivity index (χ4n) is 2.34. The molecule has 8 nitrogen and oxygen atoms in total. The molecule has 2 heterocycles. The van der Waals surface area contributed by atoms with Crippen molar-refractivity contribution in [3.8, 4) is 5.88 Å². The van der Waals surface area contributed by atoms with Crippen molar-refractivity contribution in [2.45, 2.75) is 17.1 Å². The van der Waals surface area contributed by atoms with Crippen LogP contribution in [0.15, 0.2) is 33.9 Å². The highest BCUT2D eigenvalue weighted by Gasteiger charge is 2.41. The zero-order valence-electron chi connectivity index (χ0n) is 13.9. The Hall–Kier alpha value is -2.22. The van der Waals surface area contributed by atoms with Crippen molar-refractivity contribution in [2.75, 3.05) is 11.8 Å². The number of nitrogens with one attached hydrogen (secondary N) is 2. The van der Waals surface area contributed by atoms with Gasteiger partial charge in [-0.05, 0) is 22.0 Å². The molecule has 0 aliphatic carbocycles. The van der Waals surface area contributed by atoms with E-state index in [0.717, 1.165) is 7.11 Å². The minimum Gasteiger partial charge on any atom is -0.481 e. The highest BCUT2D eigenvalue weighted by atomic mass is 79.9. The Balaban J connectivity index is 1.92. The number of aromatic amines is 1. The molecule has 3 aromatic rings. The fraction of sp³-hybridized carbons (Fsp3) is 0.200. The van der Waals surface area contributed by atoms with E-state index in [9.17, 15) is 27.6 Å². The maximum absolute atomic E-state index is 14.1. The van der Waals surface area contributed by atoms with Gasteiger partial charge in [0.25, 0.3) is 12.2 Å². The first-order valence-corrected chi connectivity index (χ1v) is 9.39. The van der Waals surface area contributed by atoms with Crippen LogP contribution in [0.5, 0.6) is 5.88 Å². The first-order valence-electron chi connectivity index (χ1n) is 7.44. The lowest BCUT2D eigenvalue weighted by Crippen LogP contribution is -2.34. The number of alkyl halides is 2. The van der Waals surface area contributed by atoms with Crippen molar-refractivity contribution in [3.05, 3.63) is 40.4 Å². The lowest BCUT2D eigenvalue weighted by molar-refractivity contribution is -0.249. The summed E-state index contributed by atoms with van der Waals surface area (Å²) in [7, 11) is -0.879. The number of halogens is 4. The van der Waals surface area contributed by atoms with E-state index in [1.807, 2.05) is 0 Å². The Bertz CT molecular complexity index is 1060. The molecular formula is C15H12BrF3N4O4S. The lowest BCUT2D eigenvalue weighted by atomic mass is 10.1. The summed E-state index contributed by atoms with van der Waals surface area (Å²) in [6.45, 7) is 0. The number of benzene rings is 1. The number of H-pyrrole nitrogens is 1. The molecule has 0 aliphatic heterocycles. The zero-order valence-corrected chi connectivity index (χ0v) is 16.3. The molecule has 150 valence electrons. The van der Waals surface area contributed by atoms with Gasteiger partial charge in [0, 0.05) is 17.8 Å². The van der Waals surface area contributed by atoms with E-state index in [-0.39, 0.29) is 20.8 Å². The predicted molar refractivity (Wildman–Crippen MR) is 96.7 cm³/mol. The molecule has 0 aliphatic rings. The van der Waals surface area contributed by atoms with Gasteiger partial charge in [0.1, 0.15) is 0 Å². The number of methoxy groups -OCH3 is 1. The first-order chi connectivity index (χ1) is 13.2. The average molecular weight is 481 g/mol. The number of rotatable bonds is 6. The average Bonchev–Trinajstić information content (AvgIpc) is 3.09. The minimum absolute atomic E-state index is 0.135. The van der Waals surface area contributed by atoms with E-state index in [1.54, 1.807) is 6.07 Å². The van der Waals surface area contributed by atoms with Crippen LogP contribution in [0.2, 0.25) is 0 Å². The summed E-state index contributed by atoms with van der Waals surface area (Å²) < 4.78 is 59.7. The normalized spacial score (nSPS) is 13.1. The maximum atomic E-state index is 14.1. The first kappa shape index (κ1) is 20.5. The van der Waals surface area contributed by atoms with Crippen LogP contribution in [0.3, 0.4) is 0 Å². The zero-order chi connectivity index (χ0) is 20.6. The number of ether oxygens (including phenoxy) is 1. The topological polar surface area (TPSA) is 120 Å². The molecule has 3 rings (SSSR count). The number of anilines is 1. The third kappa shape index (κ3) is 3.57. The SMILES string of the molecule is COc1nc(NS(=O)c2c[nH]c3c(F)c(Br)ccc23)ncc1C(O)(O)C(F)F. The Morgan fingerprint density at radius 3 is 2.75 bits per heavy atom. The standard InChI is InChI=1S/C15H12BrF3N4O4S/c1-27-12-7(15(24,25)13(18)19)4-21-14(22-12)23-28(26)9-5-20-11-6(9)2-3-8(16)10(11)17/h2-5,13,20,24-25H,1H3,(H,21,22,23). The van der Waals surface area contributed by atoms with Crippen molar-refractivity contribution in [1.29, 1.82) is 0 Å². The summed E-state index contributed by atoms with van der Waals surface area (Å²) in [4.78, 5) is 10.2. The van der Waals surface area contributed by atoms with E-state index >= 15 is 0 Å². The molecule has 0 radical (unpaired) electrons. The molecule has 28 heavy (non-hydrogen) atoms. The Labute approximate surface area is 166 Å². The monoisotopic (exact) mass is 480 g/mol. The Morgan fingerprint density at radius 1 is 1.39 bits per heavy atom. The number of aliphatic hydroxyl groups is 2.